The van der Waals surface area contributed by atoms with Crippen LogP contribution in [0.15, 0.2) is 12.4 Å². The van der Waals surface area contributed by atoms with Crippen molar-refractivity contribution in [1.82, 2.24) is 14.4 Å². The highest BCUT2D eigenvalue weighted by Gasteiger charge is 2.15. The van der Waals surface area contributed by atoms with Crippen molar-refractivity contribution in [3.8, 4) is 5.88 Å². The Bertz CT molecular complexity index is 576. The van der Waals surface area contributed by atoms with Crippen LogP contribution in [0.2, 0.25) is 0 Å². The van der Waals surface area contributed by atoms with Gasteiger partial charge in [0.15, 0.2) is 17.2 Å². The molecule has 0 saturated heterocycles. The molecule has 2 aromatic rings. The lowest BCUT2D eigenvalue weighted by Gasteiger charge is -2.10. The van der Waals surface area contributed by atoms with Gasteiger partial charge < -0.3 is 15.5 Å². The first-order valence-electron chi connectivity index (χ1n) is 5.06. The number of rotatable bonds is 3. The molecule has 0 fully saturated rings. The maximum absolute atomic E-state index is 10.9. The van der Waals surface area contributed by atoms with E-state index >= 15 is 0 Å². The number of hydrogen-bond donors (Lipinski definition) is 3. The molecule has 7 heteroatoms. The van der Waals surface area contributed by atoms with Crippen molar-refractivity contribution in [2.45, 2.75) is 19.9 Å². The van der Waals surface area contributed by atoms with Crippen LogP contribution in [0.3, 0.4) is 0 Å². The van der Waals surface area contributed by atoms with Gasteiger partial charge in [-0.3, -0.25) is 4.40 Å². The number of carboxylic acids is 1. The highest BCUT2D eigenvalue weighted by Crippen LogP contribution is 2.19. The van der Waals surface area contributed by atoms with Crippen molar-refractivity contribution in [3.63, 3.8) is 0 Å². The number of aromatic carboxylic acids is 1. The summed E-state index contributed by atoms with van der Waals surface area (Å²) < 4.78 is 1.29. The Hall–Kier alpha value is -2.31. The zero-order valence-electron chi connectivity index (χ0n) is 9.38. The first-order valence-corrected chi connectivity index (χ1v) is 5.06. The van der Waals surface area contributed by atoms with E-state index < -0.39 is 5.97 Å². The van der Waals surface area contributed by atoms with Crippen molar-refractivity contribution < 1.29 is 15.0 Å². The number of imidazole rings is 1. The summed E-state index contributed by atoms with van der Waals surface area (Å²) in [4.78, 5) is 18.8. The van der Waals surface area contributed by atoms with Crippen LogP contribution in [0.4, 0.5) is 5.82 Å². The molecule has 0 bridgehead atoms. The predicted molar refractivity (Wildman–Crippen MR) is 60.4 cm³/mol. The minimum Gasteiger partial charge on any atom is -0.492 e. The van der Waals surface area contributed by atoms with Crippen molar-refractivity contribution in [1.29, 1.82) is 0 Å². The lowest BCUT2D eigenvalue weighted by molar-refractivity contribution is 0.0689. The molecule has 0 aromatic carbocycles. The van der Waals surface area contributed by atoms with Crippen LogP contribution in [-0.2, 0) is 0 Å². The molecule has 17 heavy (non-hydrogen) atoms. The van der Waals surface area contributed by atoms with E-state index in [0.29, 0.717) is 11.5 Å². The normalized spacial score (nSPS) is 11.0. The third-order valence-electron chi connectivity index (χ3n) is 2.12. The average molecular weight is 236 g/mol. The highest BCUT2D eigenvalue weighted by molar-refractivity contribution is 5.87. The number of carboxylic acid groups (broad SMARTS) is 1. The van der Waals surface area contributed by atoms with Crippen LogP contribution in [-0.4, -0.2) is 36.6 Å². The van der Waals surface area contributed by atoms with E-state index in [9.17, 15) is 9.90 Å². The van der Waals surface area contributed by atoms with Gasteiger partial charge in [0.2, 0.25) is 5.88 Å². The number of hydrogen-bond acceptors (Lipinski definition) is 5. The fraction of sp³-hybridized carbons (Fsp3) is 0.300. The number of carbonyl (C=O) groups is 1. The molecule has 0 aliphatic heterocycles. The van der Waals surface area contributed by atoms with Gasteiger partial charge in [-0.15, -0.1) is 0 Å². The first-order chi connectivity index (χ1) is 7.99. The van der Waals surface area contributed by atoms with Crippen molar-refractivity contribution in [2.24, 2.45) is 0 Å². The maximum Gasteiger partial charge on any atom is 0.354 e. The van der Waals surface area contributed by atoms with Gasteiger partial charge in [0.25, 0.3) is 0 Å². The van der Waals surface area contributed by atoms with Crippen LogP contribution in [0, 0.1) is 0 Å². The molecule has 0 radical (unpaired) electrons. The molecule has 0 saturated carbocycles. The van der Waals surface area contributed by atoms with Crippen LogP contribution in [0.1, 0.15) is 24.3 Å². The predicted octanol–water partition coefficient (Wildman–Crippen LogP) is 0.953. The summed E-state index contributed by atoms with van der Waals surface area (Å²) in [7, 11) is 0. The number of nitrogens with one attached hydrogen (secondary N) is 1. The second-order valence-corrected chi connectivity index (χ2v) is 3.89. The van der Waals surface area contributed by atoms with E-state index in [1.165, 1.54) is 16.8 Å². The molecule has 0 amide bonds. The van der Waals surface area contributed by atoms with E-state index in [1.807, 2.05) is 13.8 Å². The Kier molecular flexibility index (Phi) is 2.58. The summed E-state index contributed by atoms with van der Waals surface area (Å²) in [6, 6.07) is 0.0954. The zero-order valence-corrected chi connectivity index (χ0v) is 9.38. The van der Waals surface area contributed by atoms with Gasteiger partial charge in [-0.1, -0.05) is 0 Å². The van der Waals surface area contributed by atoms with E-state index in [2.05, 4.69) is 15.3 Å². The maximum atomic E-state index is 10.9. The van der Waals surface area contributed by atoms with E-state index in [-0.39, 0.29) is 17.6 Å². The molecule has 90 valence electrons. The summed E-state index contributed by atoms with van der Waals surface area (Å²) in [6.45, 7) is 3.81. The largest absolute Gasteiger partial charge is 0.492 e. The number of nitrogens with zero attached hydrogens (tertiary/aromatic N) is 3. The average Bonchev–Trinajstić information content (AvgIpc) is 2.59. The summed E-state index contributed by atoms with van der Waals surface area (Å²) in [5.74, 6) is -1.02. The smallest absolute Gasteiger partial charge is 0.354 e. The Labute approximate surface area is 96.7 Å². The summed E-state index contributed by atoms with van der Waals surface area (Å²) in [5, 5.41) is 21.4. The van der Waals surface area contributed by atoms with Gasteiger partial charge in [-0.05, 0) is 13.8 Å². The van der Waals surface area contributed by atoms with Crippen LogP contribution < -0.4 is 5.32 Å². The number of anilines is 1. The van der Waals surface area contributed by atoms with Crippen LogP contribution in [0.25, 0.3) is 5.65 Å². The Morgan fingerprint density at radius 3 is 2.82 bits per heavy atom. The Morgan fingerprint density at radius 2 is 2.24 bits per heavy atom. The topological polar surface area (TPSA) is 99.8 Å². The monoisotopic (exact) mass is 236 g/mol. The van der Waals surface area contributed by atoms with Gasteiger partial charge in [0.1, 0.15) is 0 Å². The summed E-state index contributed by atoms with van der Waals surface area (Å²) >= 11 is 0. The van der Waals surface area contributed by atoms with Gasteiger partial charge in [-0.25, -0.2) is 9.78 Å². The zero-order chi connectivity index (χ0) is 12.6. The minimum atomic E-state index is -1.11. The van der Waals surface area contributed by atoms with Gasteiger partial charge in [0, 0.05) is 6.04 Å². The molecular formula is C10H12N4O3. The molecule has 0 unspecified atom stereocenters. The SMILES string of the molecule is CC(C)Nc1nc(O)cn2c(C(=O)O)cnc12. The second kappa shape index (κ2) is 3.93. The summed E-state index contributed by atoms with van der Waals surface area (Å²) in [6.07, 6.45) is 2.45. The number of aromatic hydroxyl groups is 1. The van der Waals surface area contributed by atoms with Crippen LogP contribution >= 0.6 is 0 Å². The molecule has 2 heterocycles. The van der Waals surface area contributed by atoms with Gasteiger partial charge >= 0.3 is 5.97 Å². The molecule has 0 spiro atoms. The second-order valence-electron chi connectivity index (χ2n) is 3.89. The van der Waals surface area contributed by atoms with Crippen LogP contribution in [0.5, 0.6) is 5.88 Å². The number of fused-ring (bicyclic) bond motifs is 1. The molecule has 0 aliphatic rings. The summed E-state index contributed by atoms with van der Waals surface area (Å²) in [5.41, 5.74) is 0.346. The molecule has 7 nitrogen and oxygen atoms in total. The van der Waals surface area contributed by atoms with Crippen molar-refractivity contribution >= 4 is 17.4 Å². The first kappa shape index (κ1) is 11.2. The standard InChI is InChI=1S/C10H12N4O3/c1-5(2)12-8-9-11-3-6(10(16)17)14(9)4-7(15)13-8/h3-5,15H,1-2H3,(H,12,13)(H,16,17). The third kappa shape index (κ3) is 1.99. The van der Waals surface area contributed by atoms with Gasteiger partial charge in [-0.2, -0.15) is 4.98 Å². The number of aromatic nitrogens is 3. The molecule has 2 rings (SSSR count). The Balaban J connectivity index is 2.65. The van der Waals surface area contributed by atoms with E-state index in [1.54, 1.807) is 0 Å². The third-order valence-corrected chi connectivity index (χ3v) is 2.12. The fourth-order valence-electron chi connectivity index (χ4n) is 1.50. The molecule has 0 aliphatic carbocycles. The van der Waals surface area contributed by atoms with Crippen molar-refractivity contribution in [2.75, 3.05) is 5.32 Å². The Morgan fingerprint density at radius 1 is 1.53 bits per heavy atom. The molecular weight excluding hydrogens is 224 g/mol. The van der Waals surface area contributed by atoms with Crippen molar-refractivity contribution in [3.05, 3.63) is 18.1 Å². The van der Waals surface area contributed by atoms with E-state index in [4.69, 9.17) is 5.11 Å². The molecule has 3 N–H and O–H groups in total. The lowest BCUT2D eigenvalue weighted by atomic mass is 10.4. The minimum absolute atomic E-state index is 0.0236. The highest BCUT2D eigenvalue weighted by atomic mass is 16.4. The fourth-order valence-corrected chi connectivity index (χ4v) is 1.50. The quantitative estimate of drug-likeness (QED) is 0.733. The lowest BCUT2D eigenvalue weighted by Crippen LogP contribution is -2.13. The van der Waals surface area contributed by atoms with E-state index in [0.717, 1.165) is 0 Å². The molecule has 2 aromatic heterocycles. The van der Waals surface area contributed by atoms with Gasteiger partial charge in [0.05, 0.1) is 12.4 Å². The molecule has 0 atom stereocenters.